The van der Waals surface area contributed by atoms with E-state index in [9.17, 15) is 4.79 Å². The molecule has 1 aromatic heterocycles. The maximum Gasteiger partial charge on any atom is 0.237 e. The summed E-state index contributed by atoms with van der Waals surface area (Å²) in [6, 6.07) is -0.0610. The summed E-state index contributed by atoms with van der Waals surface area (Å²) in [6.07, 6.45) is 0.806. The molecule has 1 unspecified atom stereocenters. The van der Waals surface area contributed by atoms with Gasteiger partial charge in [-0.15, -0.1) is 0 Å². The second kappa shape index (κ2) is 5.06. The maximum atomic E-state index is 11.7. The molecule has 2 rings (SSSR count). The molecule has 94 valence electrons. The van der Waals surface area contributed by atoms with Crippen LogP contribution in [0.3, 0.4) is 0 Å². The topological polar surface area (TPSA) is 61.0 Å². The van der Waals surface area contributed by atoms with Crippen LogP contribution in [0.4, 0.5) is 0 Å². The third-order valence-corrected chi connectivity index (χ3v) is 3.53. The number of nitrogens with one attached hydrogen (secondary N) is 2. The number of amides is 1. The summed E-state index contributed by atoms with van der Waals surface area (Å²) >= 11 is 6.02. The highest BCUT2D eigenvalue weighted by molar-refractivity contribution is 6.30. The first-order valence-electron chi connectivity index (χ1n) is 5.84. The molecule has 0 bridgehead atoms. The van der Waals surface area contributed by atoms with E-state index < -0.39 is 0 Å². The van der Waals surface area contributed by atoms with Gasteiger partial charge in [0.15, 0.2) is 5.15 Å². The average Bonchev–Trinajstić information content (AvgIpc) is 2.61. The van der Waals surface area contributed by atoms with Gasteiger partial charge in [0.1, 0.15) is 0 Å². The molecule has 1 aliphatic rings. The highest BCUT2D eigenvalue weighted by atomic mass is 35.5. The maximum absolute atomic E-state index is 11.7. The molecule has 5 nitrogen and oxygen atoms in total. The highest BCUT2D eigenvalue weighted by Crippen LogP contribution is 2.20. The van der Waals surface area contributed by atoms with Crippen LogP contribution in [0.25, 0.3) is 0 Å². The van der Waals surface area contributed by atoms with Gasteiger partial charge < -0.3 is 5.32 Å². The SMILES string of the molecule is CCC1C(=O)NCCN1Cc1c(Cl)n[nH]c1C. The molecule has 1 amide bonds. The smallest absolute Gasteiger partial charge is 0.237 e. The Bertz CT molecular complexity index is 398. The van der Waals surface area contributed by atoms with Gasteiger partial charge in [0, 0.05) is 30.9 Å². The zero-order valence-corrected chi connectivity index (χ0v) is 10.8. The van der Waals surface area contributed by atoms with Gasteiger partial charge in [0.25, 0.3) is 0 Å². The zero-order valence-electron chi connectivity index (χ0n) is 10.1. The number of aromatic nitrogens is 2. The lowest BCUT2D eigenvalue weighted by Gasteiger charge is -2.34. The molecule has 17 heavy (non-hydrogen) atoms. The molecule has 1 atom stereocenters. The lowest BCUT2D eigenvalue weighted by atomic mass is 10.1. The lowest BCUT2D eigenvalue weighted by Crippen LogP contribution is -2.54. The Labute approximate surface area is 106 Å². The van der Waals surface area contributed by atoms with Crippen molar-refractivity contribution in [3.05, 3.63) is 16.4 Å². The first kappa shape index (κ1) is 12.4. The highest BCUT2D eigenvalue weighted by Gasteiger charge is 2.29. The van der Waals surface area contributed by atoms with Crippen molar-refractivity contribution in [1.29, 1.82) is 0 Å². The fraction of sp³-hybridized carbons (Fsp3) is 0.636. The van der Waals surface area contributed by atoms with Crippen molar-refractivity contribution in [2.24, 2.45) is 0 Å². The molecule has 1 fully saturated rings. The minimum absolute atomic E-state index is 0.0610. The van der Waals surface area contributed by atoms with E-state index in [1.807, 2.05) is 13.8 Å². The molecular formula is C11H17ClN4O. The number of rotatable bonds is 3. The van der Waals surface area contributed by atoms with E-state index in [1.165, 1.54) is 0 Å². The van der Waals surface area contributed by atoms with E-state index >= 15 is 0 Å². The summed E-state index contributed by atoms with van der Waals surface area (Å²) < 4.78 is 0. The second-order valence-electron chi connectivity index (χ2n) is 4.30. The third-order valence-electron chi connectivity index (χ3n) is 3.21. The van der Waals surface area contributed by atoms with Gasteiger partial charge in [-0.2, -0.15) is 5.10 Å². The van der Waals surface area contributed by atoms with Crippen LogP contribution in [0.5, 0.6) is 0 Å². The van der Waals surface area contributed by atoms with Crippen molar-refractivity contribution in [2.75, 3.05) is 13.1 Å². The van der Waals surface area contributed by atoms with Gasteiger partial charge >= 0.3 is 0 Å². The van der Waals surface area contributed by atoms with Crippen LogP contribution in [0, 0.1) is 6.92 Å². The number of carbonyl (C=O) groups excluding carboxylic acids is 1. The quantitative estimate of drug-likeness (QED) is 0.851. The first-order valence-corrected chi connectivity index (χ1v) is 6.22. The number of nitrogens with zero attached hydrogens (tertiary/aromatic N) is 2. The summed E-state index contributed by atoms with van der Waals surface area (Å²) in [6.45, 7) is 6.19. The summed E-state index contributed by atoms with van der Waals surface area (Å²) in [5.74, 6) is 0.107. The van der Waals surface area contributed by atoms with E-state index in [1.54, 1.807) is 0 Å². The van der Waals surface area contributed by atoms with Gasteiger partial charge in [-0.1, -0.05) is 18.5 Å². The van der Waals surface area contributed by atoms with Gasteiger partial charge in [0.2, 0.25) is 5.91 Å². The Morgan fingerprint density at radius 3 is 2.94 bits per heavy atom. The van der Waals surface area contributed by atoms with Crippen molar-refractivity contribution in [2.45, 2.75) is 32.9 Å². The number of carbonyl (C=O) groups is 1. The normalized spacial score (nSPS) is 21.6. The Morgan fingerprint density at radius 1 is 1.59 bits per heavy atom. The predicted molar refractivity (Wildman–Crippen MR) is 65.8 cm³/mol. The van der Waals surface area contributed by atoms with Crippen molar-refractivity contribution in [3.8, 4) is 0 Å². The summed E-state index contributed by atoms with van der Waals surface area (Å²) in [5, 5.41) is 10.2. The first-order chi connectivity index (χ1) is 8.13. The van der Waals surface area contributed by atoms with E-state index in [2.05, 4.69) is 20.4 Å². The van der Waals surface area contributed by atoms with E-state index in [0.29, 0.717) is 18.2 Å². The minimum atomic E-state index is -0.0610. The fourth-order valence-corrected chi connectivity index (χ4v) is 2.45. The Hall–Kier alpha value is -1.07. The van der Waals surface area contributed by atoms with E-state index in [4.69, 9.17) is 11.6 Å². The Balaban J connectivity index is 2.14. The van der Waals surface area contributed by atoms with Crippen molar-refractivity contribution in [1.82, 2.24) is 20.4 Å². The van der Waals surface area contributed by atoms with Crippen LogP contribution in [0.15, 0.2) is 0 Å². The summed E-state index contributed by atoms with van der Waals surface area (Å²) in [7, 11) is 0. The molecule has 2 heterocycles. The molecule has 6 heteroatoms. The van der Waals surface area contributed by atoms with Crippen LogP contribution in [0.2, 0.25) is 5.15 Å². The average molecular weight is 257 g/mol. The van der Waals surface area contributed by atoms with Gasteiger partial charge in [-0.3, -0.25) is 14.8 Å². The van der Waals surface area contributed by atoms with Gasteiger partial charge in [-0.05, 0) is 13.3 Å². The van der Waals surface area contributed by atoms with Crippen LogP contribution in [0.1, 0.15) is 24.6 Å². The van der Waals surface area contributed by atoms with E-state index in [0.717, 1.165) is 24.2 Å². The number of aromatic amines is 1. The minimum Gasteiger partial charge on any atom is -0.353 e. The Morgan fingerprint density at radius 2 is 2.35 bits per heavy atom. The molecule has 0 aromatic carbocycles. The predicted octanol–water partition coefficient (Wildman–Crippen LogP) is 1.08. The molecule has 0 aliphatic carbocycles. The Kier molecular flexibility index (Phi) is 3.69. The van der Waals surface area contributed by atoms with Crippen molar-refractivity contribution >= 4 is 17.5 Å². The largest absolute Gasteiger partial charge is 0.353 e. The number of hydrogen-bond acceptors (Lipinski definition) is 3. The number of piperazine rings is 1. The van der Waals surface area contributed by atoms with Crippen LogP contribution in [-0.2, 0) is 11.3 Å². The number of hydrogen-bond donors (Lipinski definition) is 2. The number of halogens is 1. The lowest BCUT2D eigenvalue weighted by molar-refractivity contribution is -0.129. The molecule has 1 aliphatic heterocycles. The molecule has 1 aromatic rings. The zero-order chi connectivity index (χ0) is 12.4. The second-order valence-corrected chi connectivity index (χ2v) is 4.66. The molecule has 0 radical (unpaired) electrons. The summed E-state index contributed by atoms with van der Waals surface area (Å²) in [4.78, 5) is 13.9. The molecule has 0 spiro atoms. The van der Waals surface area contributed by atoms with Gasteiger partial charge in [0.05, 0.1) is 6.04 Å². The summed E-state index contributed by atoms with van der Waals surface area (Å²) in [5.41, 5.74) is 1.95. The third kappa shape index (κ3) is 2.45. The standard InChI is InChI=1S/C11H17ClN4O/c1-3-9-11(17)13-4-5-16(9)6-8-7(2)14-15-10(8)12/h9H,3-6H2,1-2H3,(H,13,17)(H,14,15). The van der Waals surface area contributed by atoms with Crippen LogP contribution < -0.4 is 5.32 Å². The van der Waals surface area contributed by atoms with Crippen LogP contribution >= 0.6 is 11.6 Å². The fourth-order valence-electron chi connectivity index (χ4n) is 2.20. The van der Waals surface area contributed by atoms with Crippen molar-refractivity contribution in [3.63, 3.8) is 0 Å². The molecule has 1 saturated heterocycles. The number of aryl methyl sites for hydroxylation is 1. The molecular weight excluding hydrogens is 240 g/mol. The monoisotopic (exact) mass is 256 g/mol. The van der Waals surface area contributed by atoms with Crippen LogP contribution in [-0.4, -0.2) is 40.1 Å². The molecule has 2 N–H and O–H groups in total. The molecule has 0 saturated carbocycles. The number of H-pyrrole nitrogens is 1. The van der Waals surface area contributed by atoms with Gasteiger partial charge in [-0.25, -0.2) is 0 Å². The van der Waals surface area contributed by atoms with Crippen molar-refractivity contribution < 1.29 is 4.79 Å². The van der Waals surface area contributed by atoms with E-state index in [-0.39, 0.29) is 11.9 Å².